The number of terminal acetylenes is 1. The summed E-state index contributed by atoms with van der Waals surface area (Å²) in [6.07, 6.45) is 5.69. The van der Waals surface area contributed by atoms with Crippen LogP contribution in [0.5, 0.6) is 11.5 Å². The highest BCUT2D eigenvalue weighted by Crippen LogP contribution is 2.34. The number of esters is 1. The van der Waals surface area contributed by atoms with Crippen LogP contribution in [0.3, 0.4) is 0 Å². The number of ether oxygens (including phenoxy) is 3. The summed E-state index contributed by atoms with van der Waals surface area (Å²) in [4.78, 5) is 36.7. The van der Waals surface area contributed by atoms with Crippen molar-refractivity contribution in [2.75, 3.05) is 32.2 Å². The molecule has 8 nitrogen and oxygen atoms in total. The van der Waals surface area contributed by atoms with Crippen molar-refractivity contribution in [2.45, 2.75) is 32.1 Å². The smallest absolute Gasteiger partial charge is 0.340 e. The second kappa shape index (κ2) is 13.2. The number of carbonyl (C=O) groups excluding carboxylic acids is 3. The van der Waals surface area contributed by atoms with Gasteiger partial charge >= 0.3 is 5.97 Å². The van der Waals surface area contributed by atoms with E-state index in [0.717, 1.165) is 6.04 Å². The van der Waals surface area contributed by atoms with Crippen LogP contribution < -0.4 is 20.1 Å². The van der Waals surface area contributed by atoms with Gasteiger partial charge in [0.1, 0.15) is 0 Å². The Labute approximate surface area is 207 Å². The maximum atomic E-state index is 12.8. The number of amides is 2. The van der Waals surface area contributed by atoms with Crippen LogP contribution in [0.4, 0.5) is 5.69 Å². The molecule has 2 amide bonds. The molecule has 0 atom stereocenters. The van der Waals surface area contributed by atoms with Gasteiger partial charge in [-0.15, -0.1) is 6.42 Å². The van der Waals surface area contributed by atoms with Gasteiger partial charge in [0, 0.05) is 32.3 Å². The van der Waals surface area contributed by atoms with Crippen molar-refractivity contribution >= 4 is 31.5 Å². The van der Waals surface area contributed by atoms with Gasteiger partial charge in [0.25, 0.3) is 11.8 Å². The number of carbonyl (C=O) groups is 3. The lowest BCUT2D eigenvalue weighted by molar-refractivity contribution is -0.111. The predicted octanol–water partition coefficient (Wildman–Crippen LogP) is 3.96. The number of nitrogens with one attached hydrogen (secondary N) is 2. The third-order valence-corrected chi connectivity index (χ3v) is 6.59. The number of rotatable bonds is 12. The first-order valence-corrected chi connectivity index (χ1v) is 15.0. The van der Waals surface area contributed by atoms with E-state index in [2.05, 4.69) is 30.3 Å². The fraction of sp³-hybridized carbons (Fsp3) is 0.346. The lowest BCUT2D eigenvalue weighted by atomic mass is 10.1. The molecule has 0 unspecified atom stereocenters. The molecular formula is C26H32N2O6Si. The first-order valence-electron chi connectivity index (χ1n) is 11.3. The molecule has 9 heteroatoms. The fourth-order valence-electron chi connectivity index (χ4n) is 2.94. The van der Waals surface area contributed by atoms with Crippen molar-refractivity contribution in [3.63, 3.8) is 0 Å². The highest BCUT2D eigenvalue weighted by molar-refractivity contribution is 6.76. The average molecular weight is 497 g/mol. The molecule has 2 rings (SSSR count). The SMILES string of the molecule is C#CC(=O)Nc1cc(OC)c(OCCCNC(=O)c2ccccc2)cc1C(=O)OCC[Si](C)(C)C. The molecule has 0 fully saturated rings. The number of methoxy groups -OCH3 is 1. The zero-order valence-electron chi connectivity index (χ0n) is 20.6. The number of hydrogen-bond acceptors (Lipinski definition) is 6. The summed E-state index contributed by atoms with van der Waals surface area (Å²) in [5, 5.41) is 5.33. The van der Waals surface area contributed by atoms with Crippen LogP contribution in [-0.2, 0) is 9.53 Å². The highest BCUT2D eigenvalue weighted by Gasteiger charge is 2.21. The van der Waals surface area contributed by atoms with Crippen LogP contribution in [-0.4, -0.2) is 52.7 Å². The zero-order chi connectivity index (χ0) is 25.8. The molecule has 2 N–H and O–H groups in total. The quantitative estimate of drug-likeness (QED) is 0.200. The minimum absolute atomic E-state index is 0.109. The number of anilines is 1. The summed E-state index contributed by atoms with van der Waals surface area (Å²) in [5.41, 5.74) is 0.861. The second-order valence-corrected chi connectivity index (χ2v) is 14.5. The van der Waals surface area contributed by atoms with Gasteiger partial charge in [0.05, 0.1) is 31.6 Å². The van der Waals surface area contributed by atoms with Gasteiger partial charge in [-0.05, 0) is 30.5 Å². The molecule has 0 saturated heterocycles. The summed E-state index contributed by atoms with van der Waals surface area (Å²) >= 11 is 0. The van der Waals surface area contributed by atoms with Gasteiger partial charge in [0.15, 0.2) is 11.5 Å². The summed E-state index contributed by atoms with van der Waals surface area (Å²) in [5.74, 6) is 1.11. The molecule has 0 aliphatic carbocycles. The third-order valence-electron chi connectivity index (χ3n) is 4.89. The van der Waals surface area contributed by atoms with Crippen molar-refractivity contribution in [2.24, 2.45) is 0 Å². The Kier molecular flexibility index (Phi) is 10.4. The van der Waals surface area contributed by atoms with E-state index in [4.69, 9.17) is 20.6 Å². The van der Waals surface area contributed by atoms with E-state index in [1.807, 2.05) is 12.0 Å². The van der Waals surface area contributed by atoms with Gasteiger partial charge in [-0.25, -0.2) is 4.79 Å². The van der Waals surface area contributed by atoms with Crippen LogP contribution in [0.15, 0.2) is 42.5 Å². The Balaban J connectivity index is 2.07. The molecule has 0 saturated carbocycles. The van der Waals surface area contributed by atoms with Crippen molar-refractivity contribution in [1.82, 2.24) is 5.32 Å². The van der Waals surface area contributed by atoms with Gasteiger partial charge in [0.2, 0.25) is 0 Å². The Morgan fingerprint density at radius 2 is 1.74 bits per heavy atom. The minimum atomic E-state index is -1.40. The molecule has 2 aromatic carbocycles. The van der Waals surface area contributed by atoms with Gasteiger partial charge < -0.3 is 24.8 Å². The van der Waals surface area contributed by atoms with E-state index in [9.17, 15) is 14.4 Å². The van der Waals surface area contributed by atoms with Crippen LogP contribution in [0, 0.1) is 12.3 Å². The molecule has 0 aromatic heterocycles. The maximum absolute atomic E-state index is 12.8. The number of hydrogen-bond donors (Lipinski definition) is 2. The maximum Gasteiger partial charge on any atom is 0.340 e. The molecule has 35 heavy (non-hydrogen) atoms. The standard InChI is InChI=1S/C26H32N2O6Si/c1-6-24(29)28-21-18-22(32-2)23(17-20(21)26(31)34-15-16-35(3,4)5)33-14-10-13-27-25(30)19-11-8-7-9-12-19/h1,7-9,11-12,17-18H,10,13-16H2,2-5H3,(H,27,30)(H,28,29). The van der Waals surface area contributed by atoms with E-state index in [1.165, 1.54) is 19.2 Å². The van der Waals surface area contributed by atoms with Crippen LogP contribution in [0.25, 0.3) is 0 Å². The molecule has 186 valence electrons. The predicted molar refractivity (Wildman–Crippen MR) is 138 cm³/mol. The lowest BCUT2D eigenvalue weighted by Gasteiger charge is -2.18. The minimum Gasteiger partial charge on any atom is -0.493 e. The zero-order valence-corrected chi connectivity index (χ0v) is 21.6. The van der Waals surface area contributed by atoms with Crippen LogP contribution in [0.1, 0.15) is 27.1 Å². The molecular weight excluding hydrogens is 464 g/mol. The van der Waals surface area contributed by atoms with Crippen molar-refractivity contribution in [3.05, 3.63) is 53.6 Å². The first kappa shape index (κ1) is 27.5. The molecule has 0 spiro atoms. The Bertz CT molecular complexity index is 1070. The van der Waals surface area contributed by atoms with E-state index in [1.54, 1.807) is 24.3 Å². The topological polar surface area (TPSA) is 103 Å². The normalized spacial score (nSPS) is 10.6. The van der Waals surface area contributed by atoms with Gasteiger partial charge in [-0.3, -0.25) is 9.59 Å². The Morgan fingerprint density at radius 1 is 1.03 bits per heavy atom. The van der Waals surface area contributed by atoms with Gasteiger partial charge in [-0.1, -0.05) is 37.8 Å². The molecule has 0 aliphatic rings. The Hall–Kier alpha value is -3.77. The highest BCUT2D eigenvalue weighted by atomic mass is 28.3. The molecule has 2 aromatic rings. The number of benzene rings is 2. The van der Waals surface area contributed by atoms with E-state index in [-0.39, 0.29) is 30.4 Å². The summed E-state index contributed by atoms with van der Waals surface area (Å²) in [7, 11) is 0.0457. The average Bonchev–Trinajstić information content (AvgIpc) is 2.83. The molecule has 0 heterocycles. The van der Waals surface area contributed by atoms with Crippen molar-refractivity contribution < 1.29 is 28.6 Å². The monoisotopic (exact) mass is 496 g/mol. The summed E-state index contributed by atoms with van der Waals surface area (Å²) in [6.45, 7) is 7.48. The molecule has 0 aliphatic heterocycles. The van der Waals surface area contributed by atoms with E-state index >= 15 is 0 Å². The molecule has 0 radical (unpaired) electrons. The fourth-order valence-corrected chi connectivity index (χ4v) is 3.65. The largest absolute Gasteiger partial charge is 0.493 e. The first-order chi connectivity index (χ1) is 16.6. The molecule has 0 bridgehead atoms. The third kappa shape index (κ3) is 9.18. The van der Waals surface area contributed by atoms with Crippen molar-refractivity contribution in [3.8, 4) is 23.8 Å². The second-order valence-electron chi connectivity index (χ2n) is 8.92. The van der Waals surface area contributed by atoms with E-state index in [0.29, 0.717) is 30.0 Å². The van der Waals surface area contributed by atoms with Gasteiger partial charge in [-0.2, -0.15) is 0 Å². The van der Waals surface area contributed by atoms with E-state index < -0.39 is 20.0 Å². The summed E-state index contributed by atoms with van der Waals surface area (Å²) < 4.78 is 16.6. The van der Waals surface area contributed by atoms with Crippen LogP contribution in [0.2, 0.25) is 25.7 Å². The summed E-state index contributed by atoms with van der Waals surface area (Å²) in [6, 6.07) is 12.7. The lowest BCUT2D eigenvalue weighted by Crippen LogP contribution is -2.25. The van der Waals surface area contributed by atoms with Crippen molar-refractivity contribution in [1.29, 1.82) is 0 Å². The van der Waals surface area contributed by atoms with Crippen LogP contribution >= 0.6 is 0 Å². The Morgan fingerprint density at radius 3 is 2.37 bits per heavy atom.